The van der Waals surface area contributed by atoms with Crippen LogP contribution >= 0.6 is 11.3 Å². The van der Waals surface area contributed by atoms with E-state index < -0.39 is 0 Å². The van der Waals surface area contributed by atoms with E-state index in [2.05, 4.69) is 97.4 Å². The number of urea groups is 1. The number of thiophene rings is 1. The Labute approximate surface area is 177 Å². The van der Waals surface area contributed by atoms with E-state index in [4.69, 9.17) is 0 Å². The highest BCUT2D eigenvalue weighted by atomic mass is 32.1. The third-order valence-electron chi connectivity index (χ3n) is 5.29. The van der Waals surface area contributed by atoms with Crippen molar-refractivity contribution in [2.24, 2.45) is 0 Å². The fourth-order valence-corrected chi connectivity index (χ4v) is 4.47. The van der Waals surface area contributed by atoms with Crippen molar-refractivity contribution in [1.29, 1.82) is 0 Å². The molecule has 2 amide bonds. The number of fused-ring (bicyclic) bond motifs is 1. The summed E-state index contributed by atoms with van der Waals surface area (Å²) in [5.74, 6) is 0. The number of nitrogens with zero attached hydrogens (tertiary/aromatic N) is 1. The summed E-state index contributed by atoms with van der Waals surface area (Å²) in [4.78, 5) is 14.6. The van der Waals surface area contributed by atoms with Crippen LogP contribution < -0.4 is 10.6 Å². The second-order valence-electron chi connectivity index (χ2n) is 8.02. The third-order valence-corrected chi connectivity index (χ3v) is 6.30. The zero-order valence-corrected chi connectivity index (χ0v) is 18.6. The van der Waals surface area contributed by atoms with Crippen LogP contribution in [0.4, 0.5) is 4.79 Å². The van der Waals surface area contributed by atoms with Gasteiger partial charge >= 0.3 is 6.03 Å². The highest BCUT2D eigenvalue weighted by molar-refractivity contribution is 7.17. The lowest BCUT2D eigenvalue weighted by Gasteiger charge is -2.25. The minimum absolute atomic E-state index is 0.0721. The summed E-state index contributed by atoms with van der Waals surface area (Å²) in [5, 5.41) is 9.63. The molecule has 0 aliphatic carbocycles. The molecule has 1 heterocycles. The molecule has 0 aliphatic rings. The van der Waals surface area contributed by atoms with E-state index in [1.807, 2.05) is 0 Å². The van der Waals surface area contributed by atoms with E-state index in [9.17, 15) is 4.79 Å². The summed E-state index contributed by atoms with van der Waals surface area (Å²) in [5.41, 5.74) is 3.85. The molecular weight excluding hydrogens is 378 g/mol. The molecule has 1 unspecified atom stereocenters. The molecule has 0 bridgehead atoms. The van der Waals surface area contributed by atoms with Crippen LogP contribution in [0.15, 0.2) is 53.9 Å². The molecule has 2 N–H and O–H groups in total. The number of hydrogen-bond acceptors (Lipinski definition) is 3. The van der Waals surface area contributed by atoms with Crippen molar-refractivity contribution in [1.82, 2.24) is 15.5 Å². The Kier molecular flexibility index (Phi) is 7.29. The number of amides is 2. The second-order valence-corrected chi connectivity index (χ2v) is 8.94. The number of likely N-dealkylation sites (N-methyl/N-ethyl adjacent to an activating group) is 1. The SMILES string of the molecule is Cc1ccc(C[C@@H](CNC(=O)NC(C)Cc2csc3ccccc23)N(C)C)cc1. The Balaban J connectivity index is 1.50. The van der Waals surface area contributed by atoms with Gasteiger partial charge in [0.1, 0.15) is 0 Å². The number of rotatable bonds is 8. The highest BCUT2D eigenvalue weighted by Gasteiger charge is 2.15. The van der Waals surface area contributed by atoms with Crippen LogP contribution in [0.1, 0.15) is 23.6 Å². The molecule has 1 aromatic heterocycles. The Morgan fingerprint density at radius 1 is 1.07 bits per heavy atom. The number of carbonyl (C=O) groups excluding carboxylic acids is 1. The van der Waals surface area contributed by atoms with Gasteiger partial charge in [-0.3, -0.25) is 0 Å². The molecule has 0 fully saturated rings. The van der Waals surface area contributed by atoms with E-state index in [0.717, 1.165) is 12.8 Å². The number of hydrogen-bond donors (Lipinski definition) is 2. The molecule has 5 heteroatoms. The van der Waals surface area contributed by atoms with Gasteiger partial charge in [0.25, 0.3) is 0 Å². The molecule has 29 heavy (non-hydrogen) atoms. The molecule has 0 saturated heterocycles. The second kappa shape index (κ2) is 9.90. The molecule has 0 aliphatic heterocycles. The van der Waals surface area contributed by atoms with Gasteiger partial charge in [-0.15, -0.1) is 11.3 Å². The number of carbonyl (C=O) groups is 1. The zero-order valence-electron chi connectivity index (χ0n) is 17.7. The predicted octanol–water partition coefficient (Wildman–Crippen LogP) is 4.61. The van der Waals surface area contributed by atoms with Crippen LogP contribution in [0.3, 0.4) is 0 Å². The average Bonchev–Trinajstić information content (AvgIpc) is 3.09. The number of nitrogens with one attached hydrogen (secondary N) is 2. The van der Waals surface area contributed by atoms with E-state index in [1.54, 1.807) is 11.3 Å². The van der Waals surface area contributed by atoms with Crippen LogP contribution in [-0.4, -0.2) is 43.7 Å². The molecule has 0 spiro atoms. The molecular formula is C24H31N3OS. The molecule has 0 saturated carbocycles. The Hall–Kier alpha value is -2.37. The van der Waals surface area contributed by atoms with Gasteiger partial charge in [0, 0.05) is 23.3 Å². The van der Waals surface area contributed by atoms with E-state index in [0.29, 0.717) is 6.54 Å². The minimum Gasteiger partial charge on any atom is -0.337 e. The summed E-state index contributed by atoms with van der Waals surface area (Å²) in [7, 11) is 4.12. The summed E-state index contributed by atoms with van der Waals surface area (Å²) < 4.78 is 1.30. The predicted molar refractivity (Wildman–Crippen MR) is 124 cm³/mol. The topological polar surface area (TPSA) is 44.4 Å². The van der Waals surface area contributed by atoms with E-state index >= 15 is 0 Å². The first-order valence-corrected chi connectivity index (χ1v) is 11.0. The highest BCUT2D eigenvalue weighted by Crippen LogP contribution is 2.26. The van der Waals surface area contributed by atoms with Gasteiger partial charge in [0.2, 0.25) is 0 Å². The van der Waals surface area contributed by atoms with Crippen LogP contribution in [0.25, 0.3) is 10.1 Å². The van der Waals surface area contributed by atoms with Crippen molar-refractivity contribution in [3.63, 3.8) is 0 Å². The fraction of sp³-hybridized carbons (Fsp3) is 0.375. The van der Waals surface area contributed by atoms with Crippen molar-refractivity contribution in [2.45, 2.75) is 38.8 Å². The Morgan fingerprint density at radius 3 is 2.52 bits per heavy atom. The molecule has 154 valence electrons. The van der Waals surface area contributed by atoms with Crippen LogP contribution in [-0.2, 0) is 12.8 Å². The molecule has 3 rings (SSSR count). The van der Waals surface area contributed by atoms with Crippen molar-refractivity contribution >= 4 is 27.5 Å². The molecule has 2 atom stereocenters. The van der Waals surface area contributed by atoms with Gasteiger partial charge in [-0.2, -0.15) is 0 Å². The van der Waals surface area contributed by atoms with E-state index in [-0.39, 0.29) is 18.1 Å². The lowest BCUT2D eigenvalue weighted by atomic mass is 10.0. The Morgan fingerprint density at radius 2 is 1.79 bits per heavy atom. The van der Waals surface area contributed by atoms with Gasteiger partial charge < -0.3 is 15.5 Å². The molecule has 2 aromatic carbocycles. The minimum atomic E-state index is -0.104. The van der Waals surface area contributed by atoms with Crippen molar-refractivity contribution in [3.05, 3.63) is 70.6 Å². The summed E-state index contributed by atoms with van der Waals surface area (Å²) in [6.45, 7) is 4.77. The van der Waals surface area contributed by atoms with Crippen molar-refractivity contribution < 1.29 is 4.79 Å². The van der Waals surface area contributed by atoms with Crippen LogP contribution in [0.2, 0.25) is 0 Å². The fourth-order valence-electron chi connectivity index (χ4n) is 3.49. The number of aryl methyl sites for hydroxylation is 1. The third kappa shape index (κ3) is 6.05. The summed E-state index contributed by atoms with van der Waals surface area (Å²) in [6, 6.07) is 17.3. The lowest BCUT2D eigenvalue weighted by molar-refractivity contribution is 0.229. The van der Waals surface area contributed by atoms with Gasteiger partial charge in [0.05, 0.1) is 0 Å². The molecule has 4 nitrogen and oxygen atoms in total. The maximum absolute atomic E-state index is 12.4. The largest absolute Gasteiger partial charge is 0.337 e. The van der Waals surface area contributed by atoms with Crippen LogP contribution in [0, 0.1) is 6.92 Å². The van der Waals surface area contributed by atoms with Gasteiger partial charge in [-0.05, 0) is 68.7 Å². The van der Waals surface area contributed by atoms with E-state index in [1.165, 1.54) is 26.8 Å². The smallest absolute Gasteiger partial charge is 0.315 e. The lowest BCUT2D eigenvalue weighted by Crippen LogP contribution is -2.47. The summed E-state index contributed by atoms with van der Waals surface area (Å²) >= 11 is 1.76. The maximum atomic E-state index is 12.4. The quantitative estimate of drug-likeness (QED) is 0.570. The normalized spacial score (nSPS) is 13.4. The average molecular weight is 410 g/mol. The van der Waals surface area contributed by atoms with Crippen molar-refractivity contribution in [3.8, 4) is 0 Å². The Bertz CT molecular complexity index is 933. The first kappa shape index (κ1) is 21.3. The van der Waals surface area contributed by atoms with Crippen LogP contribution in [0.5, 0.6) is 0 Å². The first-order valence-electron chi connectivity index (χ1n) is 10.1. The summed E-state index contributed by atoms with van der Waals surface area (Å²) in [6.07, 6.45) is 1.74. The van der Waals surface area contributed by atoms with Crippen molar-refractivity contribution in [2.75, 3.05) is 20.6 Å². The maximum Gasteiger partial charge on any atom is 0.315 e. The molecule has 3 aromatic rings. The van der Waals surface area contributed by atoms with Gasteiger partial charge in [0.15, 0.2) is 0 Å². The van der Waals surface area contributed by atoms with Gasteiger partial charge in [-0.25, -0.2) is 4.79 Å². The monoisotopic (exact) mass is 409 g/mol. The first-order chi connectivity index (χ1) is 13.9. The number of benzene rings is 2. The molecule has 0 radical (unpaired) electrons. The standard InChI is InChI=1S/C24H31N3OS/c1-17-9-11-19(12-10-17)14-21(27(3)4)15-25-24(28)26-18(2)13-20-16-29-23-8-6-5-7-22(20)23/h5-12,16,18,21H,13-15H2,1-4H3,(H2,25,26,28)/t18?,21-/m0/s1. The van der Waals surface area contributed by atoms with Gasteiger partial charge in [-0.1, -0.05) is 48.0 Å². The zero-order chi connectivity index (χ0) is 20.8.